The van der Waals surface area contributed by atoms with Gasteiger partial charge in [-0.15, -0.1) is 10.2 Å². The molecule has 3 aromatic rings. The normalized spacial score (nSPS) is 12.1. The molecule has 3 rings (SSSR count). The van der Waals surface area contributed by atoms with E-state index in [1.165, 1.54) is 11.8 Å². The van der Waals surface area contributed by atoms with E-state index in [1.807, 2.05) is 25.1 Å². The van der Waals surface area contributed by atoms with Gasteiger partial charge in [-0.05, 0) is 31.2 Å². The van der Waals surface area contributed by atoms with E-state index in [0.29, 0.717) is 16.7 Å². The van der Waals surface area contributed by atoms with E-state index in [1.54, 1.807) is 30.6 Å². The molecule has 1 aromatic carbocycles. The first kappa shape index (κ1) is 15.9. The van der Waals surface area contributed by atoms with Gasteiger partial charge in [0.2, 0.25) is 5.89 Å². The molecule has 0 fully saturated rings. The molecule has 7 heteroatoms. The minimum atomic E-state index is -0.321. The highest BCUT2D eigenvalue weighted by Crippen LogP contribution is 2.27. The van der Waals surface area contributed by atoms with Gasteiger partial charge in [-0.2, -0.15) is 0 Å². The van der Waals surface area contributed by atoms with Crippen LogP contribution in [0.3, 0.4) is 0 Å². The minimum absolute atomic E-state index is 0.0172. The van der Waals surface area contributed by atoms with Crippen molar-refractivity contribution in [2.75, 3.05) is 0 Å². The molecule has 0 aliphatic heterocycles. The highest BCUT2D eigenvalue weighted by Gasteiger charge is 2.20. The fourth-order valence-corrected chi connectivity index (χ4v) is 2.94. The molecule has 0 radical (unpaired) electrons. The monoisotopic (exact) mass is 389 g/mol. The highest BCUT2D eigenvalue weighted by atomic mass is 79.9. The zero-order chi connectivity index (χ0) is 16.2. The average molecular weight is 390 g/mol. The topological polar surface area (TPSA) is 68.9 Å². The maximum Gasteiger partial charge on any atom is 0.277 e. The maximum atomic E-state index is 12.4. The number of carbonyl (C=O) groups is 1. The van der Waals surface area contributed by atoms with Crippen molar-refractivity contribution < 1.29 is 9.21 Å². The predicted molar refractivity (Wildman–Crippen MR) is 91.3 cm³/mol. The highest BCUT2D eigenvalue weighted by molar-refractivity contribution is 9.10. The van der Waals surface area contributed by atoms with Crippen LogP contribution in [0.4, 0.5) is 0 Å². The molecule has 0 N–H and O–H groups in total. The molecule has 0 spiro atoms. The number of ketones is 1. The van der Waals surface area contributed by atoms with E-state index in [0.717, 1.165) is 10.0 Å². The van der Waals surface area contributed by atoms with E-state index in [9.17, 15) is 4.79 Å². The smallest absolute Gasteiger partial charge is 0.277 e. The van der Waals surface area contributed by atoms with Crippen LogP contribution in [-0.2, 0) is 0 Å². The Morgan fingerprint density at radius 1 is 1.22 bits per heavy atom. The standard InChI is InChI=1S/C16H12BrN3O2S/c1-10(14(21)11-4-6-13(17)7-5-11)23-16-20-19-15(22-16)12-3-2-8-18-9-12/h2-10H,1H3/t10-/m0/s1. The lowest BCUT2D eigenvalue weighted by Crippen LogP contribution is -2.13. The van der Waals surface area contributed by atoms with Crippen LogP contribution in [0.5, 0.6) is 0 Å². The number of carbonyl (C=O) groups excluding carboxylic acids is 1. The van der Waals surface area contributed by atoms with Gasteiger partial charge in [0.05, 0.1) is 10.8 Å². The summed E-state index contributed by atoms with van der Waals surface area (Å²) in [5.74, 6) is 0.410. The first-order chi connectivity index (χ1) is 11.1. The van der Waals surface area contributed by atoms with Crippen LogP contribution in [0.1, 0.15) is 17.3 Å². The summed E-state index contributed by atoms with van der Waals surface area (Å²) in [6, 6.07) is 10.9. The number of aromatic nitrogens is 3. The maximum absolute atomic E-state index is 12.4. The van der Waals surface area contributed by atoms with Crippen molar-refractivity contribution >= 4 is 33.5 Å². The summed E-state index contributed by atoms with van der Waals surface area (Å²) in [7, 11) is 0. The minimum Gasteiger partial charge on any atom is -0.411 e. The quantitative estimate of drug-likeness (QED) is 0.479. The lowest BCUT2D eigenvalue weighted by molar-refractivity contribution is 0.0993. The second-order valence-electron chi connectivity index (χ2n) is 4.75. The van der Waals surface area contributed by atoms with Crippen molar-refractivity contribution in [3.63, 3.8) is 0 Å². The number of hydrogen-bond donors (Lipinski definition) is 0. The molecule has 0 bridgehead atoms. The summed E-state index contributed by atoms with van der Waals surface area (Å²) < 4.78 is 6.52. The molecule has 0 unspecified atom stereocenters. The largest absolute Gasteiger partial charge is 0.411 e. The van der Waals surface area contributed by atoms with Gasteiger partial charge < -0.3 is 4.42 Å². The fraction of sp³-hybridized carbons (Fsp3) is 0.125. The number of benzene rings is 1. The predicted octanol–water partition coefficient (Wildman–Crippen LogP) is 4.26. The summed E-state index contributed by atoms with van der Waals surface area (Å²) in [5.41, 5.74) is 1.40. The molecule has 0 amide bonds. The Labute approximate surface area is 145 Å². The summed E-state index contributed by atoms with van der Waals surface area (Å²) in [5, 5.41) is 8.01. The van der Waals surface area contributed by atoms with E-state index >= 15 is 0 Å². The molecular weight excluding hydrogens is 378 g/mol. The summed E-state index contributed by atoms with van der Waals surface area (Å²) in [4.78, 5) is 16.4. The number of hydrogen-bond acceptors (Lipinski definition) is 6. The van der Waals surface area contributed by atoms with Gasteiger partial charge in [0, 0.05) is 22.4 Å². The zero-order valence-electron chi connectivity index (χ0n) is 12.1. The second kappa shape index (κ2) is 7.06. The molecule has 0 saturated heterocycles. The van der Waals surface area contributed by atoms with E-state index in [2.05, 4.69) is 31.1 Å². The van der Waals surface area contributed by atoms with Gasteiger partial charge in [-0.3, -0.25) is 9.78 Å². The molecule has 0 aliphatic rings. The number of Topliss-reactive ketones (excluding diaryl/α,β-unsaturated/α-hetero) is 1. The van der Waals surface area contributed by atoms with Crippen molar-refractivity contribution in [1.82, 2.24) is 15.2 Å². The molecule has 2 heterocycles. The van der Waals surface area contributed by atoms with E-state index in [4.69, 9.17) is 4.42 Å². The number of thioether (sulfide) groups is 1. The van der Waals surface area contributed by atoms with Crippen molar-refractivity contribution in [2.24, 2.45) is 0 Å². The van der Waals surface area contributed by atoms with Crippen molar-refractivity contribution in [1.29, 1.82) is 0 Å². The Hall–Kier alpha value is -1.99. The third-order valence-electron chi connectivity index (χ3n) is 3.09. The first-order valence-electron chi connectivity index (χ1n) is 6.84. The molecule has 2 aromatic heterocycles. The van der Waals surface area contributed by atoms with Crippen molar-refractivity contribution in [3.8, 4) is 11.5 Å². The third-order valence-corrected chi connectivity index (χ3v) is 4.55. The SMILES string of the molecule is C[C@H](Sc1nnc(-c2cccnc2)o1)C(=O)c1ccc(Br)cc1. The Balaban J connectivity index is 1.71. The van der Waals surface area contributed by atoms with Gasteiger partial charge in [0.1, 0.15) is 0 Å². The van der Waals surface area contributed by atoms with Crippen LogP contribution in [0, 0.1) is 0 Å². The first-order valence-corrected chi connectivity index (χ1v) is 8.51. The van der Waals surface area contributed by atoms with Crippen molar-refractivity contribution in [2.45, 2.75) is 17.4 Å². The Morgan fingerprint density at radius 3 is 2.70 bits per heavy atom. The van der Waals surface area contributed by atoms with E-state index in [-0.39, 0.29) is 11.0 Å². The molecule has 116 valence electrons. The third kappa shape index (κ3) is 3.86. The van der Waals surface area contributed by atoms with Crippen molar-refractivity contribution in [3.05, 3.63) is 58.8 Å². The second-order valence-corrected chi connectivity index (χ2v) is 6.95. The number of halogens is 1. The van der Waals surface area contributed by atoms with Gasteiger partial charge >= 0.3 is 0 Å². The summed E-state index contributed by atoms with van der Waals surface area (Å²) in [6.07, 6.45) is 3.33. The molecule has 23 heavy (non-hydrogen) atoms. The lowest BCUT2D eigenvalue weighted by atomic mass is 10.1. The van der Waals surface area contributed by atoms with Crippen LogP contribution in [0.25, 0.3) is 11.5 Å². The summed E-state index contributed by atoms with van der Waals surface area (Å²) >= 11 is 4.60. The number of pyridine rings is 1. The molecule has 0 aliphatic carbocycles. The van der Waals surface area contributed by atoms with E-state index < -0.39 is 0 Å². The number of nitrogens with zero attached hydrogens (tertiary/aromatic N) is 3. The van der Waals surface area contributed by atoms with Gasteiger partial charge in [0.25, 0.3) is 5.22 Å². The van der Waals surface area contributed by atoms with Gasteiger partial charge in [0.15, 0.2) is 5.78 Å². The zero-order valence-corrected chi connectivity index (χ0v) is 14.5. The Morgan fingerprint density at radius 2 is 2.00 bits per heavy atom. The summed E-state index contributed by atoms with van der Waals surface area (Å²) in [6.45, 7) is 1.82. The number of rotatable bonds is 5. The fourth-order valence-electron chi connectivity index (χ4n) is 1.92. The lowest BCUT2D eigenvalue weighted by Gasteiger charge is -2.07. The molecule has 1 atom stereocenters. The molecule has 0 saturated carbocycles. The van der Waals surface area contributed by atoms with Crippen LogP contribution in [0.15, 0.2) is 62.9 Å². The Kier molecular flexibility index (Phi) is 4.88. The van der Waals surface area contributed by atoms with Crippen LogP contribution in [0.2, 0.25) is 0 Å². The van der Waals surface area contributed by atoms with Crippen LogP contribution in [-0.4, -0.2) is 26.2 Å². The van der Waals surface area contributed by atoms with Crippen LogP contribution >= 0.6 is 27.7 Å². The average Bonchev–Trinajstić information content (AvgIpc) is 3.04. The molecular formula is C16H12BrN3O2S. The molecule has 5 nitrogen and oxygen atoms in total. The Bertz CT molecular complexity index is 806. The van der Waals surface area contributed by atoms with Crippen LogP contribution < -0.4 is 0 Å². The van der Waals surface area contributed by atoms with Gasteiger partial charge in [-0.1, -0.05) is 39.8 Å². The van der Waals surface area contributed by atoms with Gasteiger partial charge in [-0.25, -0.2) is 0 Å².